The van der Waals surface area contributed by atoms with Crippen molar-refractivity contribution < 1.29 is 14.7 Å². The molecule has 0 saturated carbocycles. The molecule has 0 aliphatic heterocycles. The Labute approximate surface area is 112 Å². The lowest BCUT2D eigenvalue weighted by Gasteiger charge is -2.15. The summed E-state index contributed by atoms with van der Waals surface area (Å²) in [4.78, 5) is 26.4. The number of amides is 1. The molecule has 6 heteroatoms. The van der Waals surface area contributed by atoms with Gasteiger partial charge in [-0.05, 0) is 32.9 Å². The van der Waals surface area contributed by atoms with Gasteiger partial charge in [0.15, 0.2) is 0 Å². The minimum absolute atomic E-state index is 0.00131. The third kappa shape index (κ3) is 5.05. The third-order valence-electron chi connectivity index (χ3n) is 2.44. The number of aromatic nitrogens is 1. The molecular weight excluding hydrogens is 246 g/mol. The van der Waals surface area contributed by atoms with Crippen molar-refractivity contribution in [3.63, 3.8) is 0 Å². The topological polar surface area (TPSA) is 91.3 Å². The number of hydrogen-bond acceptors (Lipinski definition) is 4. The van der Waals surface area contributed by atoms with Crippen LogP contribution in [0.25, 0.3) is 0 Å². The van der Waals surface area contributed by atoms with Gasteiger partial charge in [0.1, 0.15) is 5.69 Å². The lowest BCUT2D eigenvalue weighted by atomic mass is 10.2. The van der Waals surface area contributed by atoms with Crippen molar-refractivity contribution in [2.75, 3.05) is 0 Å². The highest BCUT2D eigenvalue weighted by Gasteiger charge is 2.13. The number of carboxylic acids is 1. The summed E-state index contributed by atoms with van der Waals surface area (Å²) in [6.45, 7) is 5.87. The maximum atomic E-state index is 11.7. The summed E-state index contributed by atoms with van der Waals surface area (Å²) in [6.07, 6.45) is 0. The minimum Gasteiger partial charge on any atom is -0.477 e. The highest BCUT2D eigenvalue weighted by atomic mass is 16.4. The van der Waals surface area contributed by atoms with Crippen molar-refractivity contribution in [1.29, 1.82) is 0 Å². The molecule has 1 atom stereocenters. The molecule has 1 aromatic heterocycles. The molecule has 0 radical (unpaired) electrons. The van der Waals surface area contributed by atoms with E-state index in [1.807, 2.05) is 13.8 Å². The van der Waals surface area contributed by atoms with Crippen LogP contribution >= 0.6 is 0 Å². The van der Waals surface area contributed by atoms with Crippen LogP contribution in [0.2, 0.25) is 0 Å². The molecule has 19 heavy (non-hydrogen) atoms. The smallest absolute Gasteiger partial charge is 0.354 e. The van der Waals surface area contributed by atoms with Crippen molar-refractivity contribution in [2.45, 2.75) is 39.4 Å². The fraction of sp³-hybridized carbons (Fsp3) is 0.462. The monoisotopic (exact) mass is 265 g/mol. The van der Waals surface area contributed by atoms with Crippen molar-refractivity contribution in [3.8, 4) is 0 Å². The average molecular weight is 265 g/mol. The molecule has 0 spiro atoms. The molecule has 6 nitrogen and oxygen atoms in total. The fourth-order valence-electron chi connectivity index (χ4n) is 1.46. The summed E-state index contributed by atoms with van der Waals surface area (Å²) in [5, 5.41) is 14.6. The normalized spacial score (nSPS) is 12.2. The lowest BCUT2D eigenvalue weighted by Crippen LogP contribution is -2.44. The van der Waals surface area contributed by atoms with Crippen LogP contribution in [-0.4, -0.2) is 34.1 Å². The van der Waals surface area contributed by atoms with Gasteiger partial charge in [0, 0.05) is 12.6 Å². The van der Waals surface area contributed by atoms with Gasteiger partial charge < -0.3 is 15.7 Å². The first-order valence-electron chi connectivity index (χ1n) is 6.13. The predicted octanol–water partition coefficient (Wildman–Crippen LogP) is 0.782. The van der Waals surface area contributed by atoms with Crippen LogP contribution in [0.4, 0.5) is 0 Å². The molecule has 1 rings (SSSR count). The summed E-state index contributed by atoms with van der Waals surface area (Å²) in [6, 6.07) is 4.50. The second-order valence-corrected chi connectivity index (χ2v) is 4.59. The summed E-state index contributed by atoms with van der Waals surface area (Å²) in [5.41, 5.74) is 0.586. The summed E-state index contributed by atoms with van der Waals surface area (Å²) < 4.78 is 0. The van der Waals surface area contributed by atoms with Crippen LogP contribution in [-0.2, 0) is 11.3 Å². The number of pyridine rings is 1. The molecule has 1 amide bonds. The number of carbonyl (C=O) groups is 2. The van der Waals surface area contributed by atoms with E-state index in [2.05, 4.69) is 15.6 Å². The van der Waals surface area contributed by atoms with Gasteiger partial charge in [-0.2, -0.15) is 0 Å². The quantitative estimate of drug-likeness (QED) is 0.707. The van der Waals surface area contributed by atoms with E-state index < -0.39 is 5.97 Å². The molecule has 0 saturated heterocycles. The number of aromatic carboxylic acids is 1. The molecule has 0 aromatic carbocycles. The van der Waals surface area contributed by atoms with E-state index in [-0.39, 0.29) is 23.7 Å². The molecule has 3 N–H and O–H groups in total. The zero-order chi connectivity index (χ0) is 14.4. The zero-order valence-electron chi connectivity index (χ0n) is 11.3. The van der Waals surface area contributed by atoms with Crippen LogP contribution < -0.4 is 10.6 Å². The van der Waals surface area contributed by atoms with Crippen molar-refractivity contribution in [3.05, 3.63) is 29.6 Å². The molecule has 0 bridgehead atoms. The van der Waals surface area contributed by atoms with E-state index in [4.69, 9.17) is 5.11 Å². The maximum absolute atomic E-state index is 11.7. The number of hydrogen-bond donors (Lipinski definition) is 3. The molecule has 1 unspecified atom stereocenters. The Morgan fingerprint density at radius 1 is 1.32 bits per heavy atom. The van der Waals surface area contributed by atoms with Crippen LogP contribution in [0.3, 0.4) is 0 Å². The van der Waals surface area contributed by atoms with Crippen LogP contribution in [0, 0.1) is 0 Å². The third-order valence-corrected chi connectivity index (χ3v) is 2.44. The first-order chi connectivity index (χ1) is 8.90. The summed E-state index contributed by atoms with van der Waals surface area (Å²) in [5.74, 6) is -1.16. The van der Waals surface area contributed by atoms with Crippen molar-refractivity contribution in [1.82, 2.24) is 15.6 Å². The van der Waals surface area contributed by atoms with Crippen molar-refractivity contribution >= 4 is 11.9 Å². The van der Waals surface area contributed by atoms with Gasteiger partial charge >= 0.3 is 5.97 Å². The van der Waals surface area contributed by atoms with Gasteiger partial charge in [-0.1, -0.05) is 6.07 Å². The van der Waals surface area contributed by atoms with E-state index in [1.54, 1.807) is 19.1 Å². The molecule has 1 heterocycles. The van der Waals surface area contributed by atoms with Gasteiger partial charge in [-0.3, -0.25) is 4.79 Å². The average Bonchev–Trinajstić information content (AvgIpc) is 2.35. The highest BCUT2D eigenvalue weighted by molar-refractivity contribution is 5.85. The number of rotatable bonds is 6. The molecule has 0 aliphatic carbocycles. The standard InChI is InChI=1S/C13H19N3O3/c1-8(2)15-12(17)9(3)14-7-10-5-4-6-11(16-10)13(18)19/h4-6,8-9,14H,7H2,1-3H3,(H,15,17)(H,18,19). The Balaban J connectivity index is 2.54. The predicted molar refractivity (Wildman–Crippen MR) is 70.8 cm³/mol. The van der Waals surface area contributed by atoms with E-state index >= 15 is 0 Å². The molecule has 1 aromatic rings. The fourth-order valence-corrected chi connectivity index (χ4v) is 1.46. The highest BCUT2D eigenvalue weighted by Crippen LogP contribution is 2.00. The second kappa shape index (κ2) is 6.84. The lowest BCUT2D eigenvalue weighted by molar-refractivity contribution is -0.123. The Morgan fingerprint density at radius 3 is 2.58 bits per heavy atom. The first kappa shape index (κ1) is 15.1. The number of carbonyl (C=O) groups excluding carboxylic acids is 1. The van der Waals surface area contributed by atoms with Gasteiger partial charge in [-0.25, -0.2) is 9.78 Å². The number of nitrogens with zero attached hydrogens (tertiary/aromatic N) is 1. The number of nitrogens with one attached hydrogen (secondary N) is 2. The largest absolute Gasteiger partial charge is 0.477 e. The second-order valence-electron chi connectivity index (χ2n) is 4.59. The molecular formula is C13H19N3O3. The van der Waals surface area contributed by atoms with Crippen LogP contribution in [0.5, 0.6) is 0 Å². The van der Waals surface area contributed by atoms with Gasteiger partial charge in [0.25, 0.3) is 0 Å². The Kier molecular flexibility index (Phi) is 5.44. The molecule has 0 aliphatic rings. The SMILES string of the molecule is CC(C)NC(=O)C(C)NCc1cccc(C(=O)O)n1. The number of carboxylic acid groups (broad SMARTS) is 1. The van der Waals surface area contributed by atoms with E-state index in [0.29, 0.717) is 12.2 Å². The summed E-state index contributed by atoms with van der Waals surface area (Å²) in [7, 11) is 0. The van der Waals surface area contributed by atoms with E-state index in [1.165, 1.54) is 6.07 Å². The minimum atomic E-state index is -1.06. The van der Waals surface area contributed by atoms with Gasteiger partial charge in [-0.15, -0.1) is 0 Å². The van der Waals surface area contributed by atoms with Crippen molar-refractivity contribution in [2.24, 2.45) is 0 Å². The zero-order valence-corrected chi connectivity index (χ0v) is 11.3. The Hall–Kier alpha value is -1.95. The van der Waals surface area contributed by atoms with Crippen LogP contribution in [0.1, 0.15) is 37.0 Å². The maximum Gasteiger partial charge on any atom is 0.354 e. The Morgan fingerprint density at radius 2 is 2.00 bits per heavy atom. The van der Waals surface area contributed by atoms with Gasteiger partial charge in [0.05, 0.1) is 11.7 Å². The molecule has 104 valence electrons. The summed E-state index contributed by atoms with van der Waals surface area (Å²) >= 11 is 0. The Bertz CT molecular complexity index is 460. The molecule has 0 fully saturated rings. The van der Waals surface area contributed by atoms with E-state index in [9.17, 15) is 9.59 Å². The van der Waals surface area contributed by atoms with E-state index in [0.717, 1.165) is 0 Å². The van der Waals surface area contributed by atoms with Crippen LogP contribution in [0.15, 0.2) is 18.2 Å². The first-order valence-corrected chi connectivity index (χ1v) is 6.13. The van der Waals surface area contributed by atoms with Gasteiger partial charge in [0.2, 0.25) is 5.91 Å².